The maximum absolute atomic E-state index is 12.0. The first-order chi connectivity index (χ1) is 10.3. The monoisotopic (exact) mass is 288 g/mol. The summed E-state index contributed by atoms with van der Waals surface area (Å²) in [5, 5.41) is 0. The average Bonchev–Trinajstić information content (AvgIpc) is 3.08. The molecule has 1 atom stereocenters. The third-order valence-corrected chi connectivity index (χ3v) is 3.28. The van der Waals surface area contributed by atoms with Crippen LogP contribution in [0.5, 0.6) is 0 Å². The molecule has 0 unspecified atom stereocenters. The fourth-order valence-corrected chi connectivity index (χ4v) is 2.13. The van der Waals surface area contributed by atoms with Crippen LogP contribution in [0.15, 0.2) is 41.3 Å². The van der Waals surface area contributed by atoms with Crippen LogP contribution >= 0.6 is 0 Å². The van der Waals surface area contributed by atoms with E-state index in [0.29, 0.717) is 17.9 Å². The van der Waals surface area contributed by atoms with Crippen molar-refractivity contribution in [3.8, 4) is 11.3 Å². The molecule has 2 aromatic rings. The first-order valence-corrected chi connectivity index (χ1v) is 6.89. The van der Waals surface area contributed by atoms with E-state index in [1.54, 1.807) is 30.5 Å². The van der Waals surface area contributed by atoms with E-state index < -0.39 is 0 Å². The number of carbonyl (C=O) groups excluding carboxylic acids is 1. The molecule has 1 amide bonds. The third-order valence-electron chi connectivity index (χ3n) is 3.28. The van der Waals surface area contributed by atoms with Crippen molar-refractivity contribution in [2.75, 3.05) is 6.61 Å². The number of rotatable bonds is 4. The molecular formula is C15H16N2O4. The summed E-state index contributed by atoms with van der Waals surface area (Å²) in [5.74, 6) is 0.363. The van der Waals surface area contributed by atoms with E-state index in [-0.39, 0.29) is 12.2 Å². The molecule has 2 heterocycles. The normalized spacial score (nSPS) is 18.4. The Bertz CT molecular complexity index is 574. The Kier molecular flexibility index (Phi) is 4.28. The molecule has 1 aliphatic heterocycles. The van der Waals surface area contributed by atoms with Crippen LogP contribution in [0.1, 0.15) is 29.6 Å². The molecule has 21 heavy (non-hydrogen) atoms. The van der Waals surface area contributed by atoms with E-state index in [9.17, 15) is 4.79 Å². The van der Waals surface area contributed by atoms with Crippen molar-refractivity contribution < 1.29 is 18.8 Å². The van der Waals surface area contributed by atoms with Crippen LogP contribution in [0, 0.1) is 0 Å². The van der Waals surface area contributed by atoms with Gasteiger partial charge in [-0.25, -0.2) is 15.3 Å². The lowest BCUT2D eigenvalue weighted by atomic mass is 10.1. The van der Waals surface area contributed by atoms with Gasteiger partial charge in [0.25, 0.3) is 5.91 Å². The standard InChI is InChI=1S/C15H16N2O4/c18-15(17-21-14-3-1-2-8-19-14)12-6-4-11(5-7-12)13-9-16-10-20-13/h4-7,9-10,14H,1-3,8H2,(H,17,18)/t14-/m1/s1. The SMILES string of the molecule is O=C(NO[C@@H]1CCCCO1)c1ccc(-c2cnco2)cc1. The fraction of sp³-hybridized carbons (Fsp3) is 0.333. The molecule has 6 heteroatoms. The fourth-order valence-electron chi connectivity index (χ4n) is 2.13. The largest absolute Gasteiger partial charge is 0.444 e. The van der Waals surface area contributed by atoms with Crippen LogP contribution in [-0.2, 0) is 9.57 Å². The minimum Gasteiger partial charge on any atom is -0.444 e. The number of amides is 1. The van der Waals surface area contributed by atoms with Crippen molar-refractivity contribution in [3.63, 3.8) is 0 Å². The molecule has 3 rings (SSSR count). The van der Waals surface area contributed by atoms with Gasteiger partial charge in [0.2, 0.25) is 0 Å². The van der Waals surface area contributed by atoms with E-state index >= 15 is 0 Å². The summed E-state index contributed by atoms with van der Waals surface area (Å²) in [7, 11) is 0. The zero-order valence-corrected chi connectivity index (χ0v) is 11.5. The number of ether oxygens (including phenoxy) is 1. The molecule has 6 nitrogen and oxygen atoms in total. The number of carbonyl (C=O) groups is 1. The van der Waals surface area contributed by atoms with Crippen molar-refractivity contribution in [1.82, 2.24) is 10.5 Å². The smallest absolute Gasteiger partial charge is 0.274 e. The molecule has 1 saturated heterocycles. The van der Waals surface area contributed by atoms with Gasteiger partial charge in [-0.05, 0) is 25.0 Å². The first-order valence-electron chi connectivity index (χ1n) is 6.89. The second-order valence-corrected chi connectivity index (χ2v) is 4.79. The molecule has 0 bridgehead atoms. The first kappa shape index (κ1) is 13.8. The van der Waals surface area contributed by atoms with Crippen LogP contribution in [0.25, 0.3) is 11.3 Å². The molecule has 1 N–H and O–H groups in total. The van der Waals surface area contributed by atoms with Gasteiger partial charge < -0.3 is 9.15 Å². The maximum Gasteiger partial charge on any atom is 0.274 e. The Balaban J connectivity index is 1.57. The van der Waals surface area contributed by atoms with E-state index in [0.717, 1.165) is 24.8 Å². The second kappa shape index (κ2) is 6.51. The van der Waals surface area contributed by atoms with Gasteiger partial charge in [-0.3, -0.25) is 4.79 Å². The minimum absolute atomic E-state index is 0.298. The lowest BCUT2D eigenvalue weighted by molar-refractivity contribution is -0.186. The van der Waals surface area contributed by atoms with E-state index in [1.807, 2.05) is 0 Å². The Morgan fingerprint density at radius 1 is 1.29 bits per heavy atom. The van der Waals surface area contributed by atoms with Gasteiger partial charge in [-0.2, -0.15) is 0 Å². The molecule has 0 spiro atoms. The number of nitrogens with one attached hydrogen (secondary N) is 1. The molecule has 110 valence electrons. The Morgan fingerprint density at radius 2 is 2.14 bits per heavy atom. The van der Waals surface area contributed by atoms with Gasteiger partial charge in [-0.1, -0.05) is 12.1 Å². The average molecular weight is 288 g/mol. The number of nitrogens with zero attached hydrogens (tertiary/aromatic N) is 1. The van der Waals surface area contributed by atoms with Gasteiger partial charge in [0.05, 0.1) is 6.20 Å². The Morgan fingerprint density at radius 3 is 2.81 bits per heavy atom. The molecule has 0 aliphatic carbocycles. The topological polar surface area (TPSA) is 73.6 Å². The summed E-state index contributed by atoms with van der Waals surface area (Å²) in [6.07, 6.45) is 5.52. The third kappa shape index (κ3) is 3.48. The van der Waals surface area contributed by atoms with Gasteiger partial charge in [0, 0.05) is 24.2 Å². The zero-order valence-electron chi connectivity index (χ0n) is 11.5. The van der Waals surface area contributed by atoms with Gasteiger partial charge in [0.1, 0.15) is 0 Å². The van der Waals surface area contributed by atoms with Crippen molar-refractivity contribution in [1.29, 1.82) is 0 Å². The number of aromatic nitrogens is 1. The summed E-state index contributed by atoms with van der Waals surface area (Å²) in [6.45, 7) is 0.673. The summed E-state index contributed by atoms with van der Waals surface area (Å²) in [4.78, 5) is 21.1. The molecule has 1 fully saturated rings. The number of hydrogen-bond acceptors (Lipinski definition) is 5. The molecule has 0 saturated carbocycles. The summed E-state index contributed by atoms with van der Waals surface area (Å²) in [6, 6.07) is 7.01. The highest BCUT2D eigenvalue weighted by Gasteiger charge is 2.16. The van der Waals surface area contributed by atoms with Crippen LogP contribution in [0.2, 0.25) is 0 Å². The summed E-state index contributed by atoms with van der Waals surface area (Å²) < 4.78 is 10.6. The lowest BCUT2D eigenvalue weighted by Gasteiger charge is -2.22. The van der Waals surface area contributed by atoms with E-state index in [1.165, 1.54) is 6.39 Å². The number of hydroxylamine groups is 1. The predicted octanol–water partition coefficient (Wildman–Crippen LogP) is 2.53. The van der Waals surface area contributed by atoms with Crippen molar-refractivity contribution in [3.05, 3.63) is 42.4 Å². The maximum atomic E-state index is 12.0. The van der Waals surface area contributed by atoms with Gasteiger partial charge in [-0.15, -0.1) is 0 Å². The Hall–Kier alpha value is -2.18. The highest BCUT2D eigenvalue weighted by Crippen LogP contribution is 2.19. The number of benzene rings is 1. The quantitative estimate of drug-likeness (QED) is 0.875. The van der Waals surface area contributed by atoms with Crippen LogP contribution in [0.4, 0.5) is 0 Å². The summed E-state index contributed by atoms with van der Waals surface area (Å²) >= 11 is 0. The van der Waals surface area contributed by atoms with Crippen molar-refractivity contribution in [2.24, 2.45) is 0 Å². The van der Waals surface area contributed by atoms with Crippen LogP contribution < -0.4 is 5.48 Å². The van der Waals surface area contributed by atoms with Crippen LogP contribution in [0.3, 0.4) is 0 Å². The van der Waals surface area contributed by atoms with Crippen LogP contribution in [-0.4, -0.2) is 23.8 Å². The molecular weight excluding hydrogens is 272 g/mol. The molecule has 1 aliphatic rings. The molecule has 1 aromatic carbocycles. The molecule has 1 aromatic heterocycles. The zero-order chi connectivity index (χ0) is 14.5. The highest BCUT2D eigenvalue weighted by molar-refractivity contribution is 5.93. The van der Waals surface area contributed by atoms with Gasteiger partial charge in [0.15, 0.2) is 18.4 Å². The van der Waals surface area contributed by atoms with E-state index in [4.69, 9.17) is 14.0 Å². The van der Waals surface area contributed by atoms with Gasteiger partial charge >= 0.3 is 0 Å². The minimum atomic E-state index is -0.351. The Labute approximate surface area is 122 Å². The highest BCUT2D eigenvalue weighted by atomic mass is 16.8. The number of oxazole rings is 1. The summed E-state index contributed by atoms with van der Waals surface area (Å²) in [5.41, 5.74) is 3.79. The molecule has 0 radical (unpaired) electrons. The van der Waals surface area contributed by atoms with Crippen molar-refractivity contribution >= 4 is 5.91 Å². The predicted molar refractivity (Wildman–Crippen MR) is 74.1 cm³/mol. The lowest BCUT2D eigenvalue weighted by Crippen LogP contribution is -2.33. The van der Waals surface area contributed by atoms with Crippen molar-refractivity contribution in [2.45, 2.75) is 25.6 Å². The second-order valence-electron chi connectivity index (χ2n) is 4.79. The number of hydrogen-bond donors (Lipinski definition) is 1. The van der Waals surface area contributed by atoms with E-state index in [2.05, 4.69) is 10.5 Å².